The van der Waals surface area contributed by atoms with Gasteiger partial charge in [0.25, 0.3) is 0 Å². The minimum atomic E-state index is -1.42. The van der Waals surface area contributed by atoms with E-state index in [4.69, 9.17) is 21.0 Å². The molecule has 0 N–H and O–H groups in total. The predicted molar refractivity (Wildman–Crippen MR) is 61.6 cm³/mol. The van der Waals surface area contributed by atoms with Crippen molar-refractivity contribution >= 4 is 17.1 Å². The Balaban J connectivity index is 3.44. The van der Waals surface area contributed by atoms with E-state index in [0.29, 0.717) is 0 Å². The fourth-order valence-electron chi connectivity index (χ4n) is 1.23. The third-order valence-corrected chi connectivity index (χ3v) is 2.90. The lowest BCUT2D eigenvalue weighted by Gasteiger charge is -2.04. The minimum absolute atomic E-state index is 0.281. The molecule has 1 aromatic rings. The SMILES string of the molecule is N#CC(C#N)=C(C(=O)c1cccs1)C(C#N)C#N. The molecule has 5 nitrogen and oxygen atoms in total. The molecule has 0 fully saturated rings. The van der Waals surface area contributed by atoms with Gasteiger partial charge in [-0.2, -0.15) is 21.0 Å². The van der Waals surface area contributed by atoms with Crippen molar-refractivity contribution in [3.05, 3.63) is 33.5 Å². The van der Waals surface area contributed by atoms with Gasteiger partial charge in [-0.05, 0) is 11.4 Å². The van der Waals surface area contributed by atoms with Crippen molar-refractivity contribution in [3.8, 4) is 24.3 Å². The first kappa shape index (κ1) is 13.1. The second kappa shape index (κ2) is 5.97. The molecular weight excluding hydrogens is 248 g/mol. The second-order valence-corrected chi connectivity index (χ2v) is 3.96. The summed E-state index contributed by atoms with van der Waals surface area (Å²) in [6.07, 6.45) is 0. The van der Waals surface area contributed by atoms with Gasteiger partial charge >= 0.3 is 0 Å². The van der Waals surface area contributed by atoms with Crippen LogP contribution in [-0.2, 0) is 0 Å². The van der Waals surface area contributed by atoms with Crippen LogP contribution >= 0.6 is 11.3 Å². The number of hydrogen-bond donors (Lipinski definition) is 0. The molecule has 0 radical (unpaired) electrons. The maximum atomic E-state index is 12.1. The molecular formula is C12H4N4OS. The molecule has 0 saturated carbocycles. The number of rotatable bonds is 3. The minimum Gasteiger partial charge on any atom is -0.288 e. The van der Waals surface area contributed by atoms with Crippen LogP contribution in [0.25, 0.3) is 0 Å². The lowest BCUT2D eigenvalue weighted by atomic mass is 9.93. The molecule has 1 aromatic heterocycles. The van der Waals surface area contributed by atoms with Crippen LogP contribution in [0.3, 0.4) is 0 Å². The highest BCUT2D eigenvalue weighted by Crippen LogP contribution is 2.22. The summed E-state index contributed by atoms with van der Waals surface area (Å²) in [5.41, 5.74) is -0.853. The molecule has 1 heterocycles. The molecule has 0 unspecified atom stereocenters. The zero-order valence-corrected chi connectivity index (χ0v) is 9.73. The van der Waals surface area contributed by atoms with E-state index >= 15 is 0 Å². The average molecular weight is 252 g/mol. The normalized spacial score (nSPS) is 8.50. The highest BCUT2D eigenvalue weighted by molar-refractivity contribution is 7.12. The van der Waals surface area contributed by atoms with Crippen molar-refractivity contribution < 1.29 is 4.79 Å². The van der Waals surface area contributed by atoms with Crippen LogP contribution in [0.4, 0.5) is 0 Å². The lowest BCUT2D eigenvalue weighted by Crippen LogP contribution is -2.12. The molecule has 0 aromatic carbocycles. The van der Waals surface area contributed by atoms with Gasteiger partial charge in [0.1, 0.15) is 17.7 Å². The van der Waals surface area contributed by atoms with Gasteiger partial charge in [0.05, 0.1) is 22.6 Å². The molecule has 84 valence electrons. The Morgan fingerprint density at radius 1 is 1.17 bits per heavy atom. The van der Waals surface area contributed by atoms with Gasteiger partial charge in [-0.3, -0.25) is 4.79 Å². The van der Waals surface area contributed by atoms with Crippen LogP contribution in [0.1, 0.15) is 9.67 Å². The Hall–Kier alpha value is -2.93. The van der Waals surface area contributed by atoms with Gasteiger partial charge in [-0.1, -0.05) is 6.07 Å². The maximum absolute atomic E-state index is 12.1. The molecule has 0 atom stereocenters. The Morgan fingerprint density at radius 2 is 1.78 bits per heavy atom. The van der Waals surface area contributed by atoms with Gasteiger partial charge in [-0.25, -0.2) is 0 Å². The standard InChI is InChI=1S/C12H4N4OS/c13-4-8(5-14)11(9(6-15)7-16)12(17)10-2-1-3-18-10/h1-3,8H. The Labute approximate surface area is 107 Å². The van der Waals surface area contributed by atoms with Crippen molar-refractivity contribution in [3.63, 3.8) is 0 Å². The summed E-state index contributed by atoms with van der Waals surface area (Å²) in [6, 6.07) is 9.43. The number of carbonyl (C=O) groups is 1. The highest BCUT2D eigenvalue weighted by Gasteiger charge is 2.26. The molecule has 0 aliphatic heterocycles. The Bertz CT molecular complexity index is 629. The summed E-state index contributed by atoms with van der Waals surface area (Å²) < 4.78 is 0. The number of Topliss-reactive ketones (excluding diaryl/α,β-unsaturated/α-hetero) is 1. The number of carbonyl (C=O) groups excluding carboxylic acids is 1. The zero-order valence-electron chi connectivity index (χ0n) is 8.91. The van der Waals surface area contributed by atoms with Gasteiger partial charge in [-0.15, -0.1) is 11.3 Å². The topological polar surface area (TPSA) is 112 Å². The van der Waals surface area contributed by atoms with Crippen LogP contribution in [-0.4, -0.2) is 5.78 Å². The van der Waals surface area contributed by atoms with Gasteiger partial charge in [0, 0.05) is 0 Å². The fourth-order valence-corrected chi connectivity index (χ4v) is 1.91. The quantitative estimate of drug-likeness (QED) is 0.463. The van der Waals surface area contributed by atoms with Crippen molar-refractivity contribution in [1.29, 1.82) is 21.0 Å². The summed E-state index contributed by atoms with van der Waals surface area (Å²) >= 11 is 1.11. The summed E-state index contributed by atoms with van der Waals surface area (Å²) in [4.78, 5) is 12.4. The van der Waals surface area contributed by atoms with Crippen LogP contribution in [0.5, 0.6) is 0 Å². The summed E-state index contributed by atoms with van der Waals surface area (Å²) in [5.74, 6) is -2.05. The maximum Gasteiger partial charge on any atom is 0.203 e. The molecule has 0 bridgehead atoms. The number of hydrogen-bond acceptors (Lipinski definition) is 6. The van der Waals surface area contributed by atoms with Crippen LogP contribution in [0, 0.1) is 51.2 Å². The van der Waals surface area contributed by atoms with E-state index in [0.717, 1.165) is 11.3 Å². The van der Waals surface area contributed by atoms with E-state index in [9.17, 15) is 4.79 Å². The number of nitrogens with zero attached hydrogens (tertiary/aromatic N) is 4. The third-order valence-electron chi connectivity index (χ3n) is 2.03. The van der Waals surface area contributed by atoms with E-state index in [1.165, 1.54) is 6.07 Å². The van der Waals surface area contributed by atoms with Crippen LogP contribution in [0.15, 0.2) is 28.7 Å². The largest absolute Gasteiger partial charge is 0.288 e. The van der Waals surface area contributed by atoms with Gasteiger partial charge in [0.2, 0.25) is 5.78 Å². The molecule has 0 spiro atoms. The molecule has 0 saturated heterocycles. The predicted octanol–water partition coefficient (Wildman–Crippen LogP) is 1.94. The monoisotopic (exact) mass is 252 g/mol. The first-order chi connectivity index (χ1) is 8.69. The highest BCUT2D eigenvalue weighted by atomic mass is 32.1. The summed E-state index contributed by atoms with van der Waals surface area (Å²) in [6.45, 7) is 0. The van der Waals surface area contributed by atoms with E-state index in [2.05, 4.69) is 0 Å². The Morgan fingerprint density at radius 3 is 2.17 bits per heavy atom. The number of thiophene rings is 1. The van der Waals surface area contributed by atoms with Crippen molar-refractivity contribution in [1.82, 2.24) is 0 Å². The summed E-state index contributed by atoms with van der Waals surface area (Å²) in [7, 11) is 0. The van der Waals surface area contributed by atoms with Gasteiger partial charge in [0.15, 0.2) is 5.92 Å². The van der Waals surface area contributed by atoms with Crippen LogP contribution < -0.4 is 0 Å². The fraction of sp³-hybridized carbons (Fsp3) is 0.0833. The molecule has 6 heteroatoms. The first-order valence-electron chi connectivity index (χ1n) is 4.61. The van der Waals surface area contributed by atoms with E-state index in [1.807, 2.05) is 0 Å². The average Bonchev–Trinajstić information content (AvgIpc) is 2.92. The molecule has 0 aliphatic carbocycles. The van der Waals surface area contributed by atoms with E-state index in [-0.39, 0.29) is 10.5 Å². The Kier molecular flexibility index (Phi) is 4.35. The summed E-state index contributed by atoms with van der Waals surface area (Å²) in [5, 5.41) is 36.8. The lowest BCUT2D eigenvalue weighted by molar-refractivity contribution is 0.103. The molecule has 1 rings (SSSR count). The smallest absolute Gasteiger partial charge is 0.203 e. The number of nitriles is 4. The van der Waals surface area contributed by atoms with Crippen LogP contribution in [0.2, 0.25) is 0 Å². The second-order valence-electron chi connectivity index (χ2n) is 3.01. The molecule has 0 aliphatic rings. The molecule has 18 heavy (non-hydrogen) atoms. The van der Waals surface area contributed by atoms with E-state index < -0.39 is 17.3 Å². The first-order valence-corrected chi connectivity index (χ1v) is 5.49. The number of ketones is 1. The van der Waals surface area contributed by atoms with E-state index in [1.54, 1.807) is 35.7 Å². The van der Waals surface area contributed by atoms with Gasteiger partial charge < -0.3 is 0 Å². The third kappa shape index (κ3) is 2.42. The molecule has 0 amide bonds. The van der Waals surface area contributed by atoms with Crippen molar-refractivity contribution in [2.75, 3.05) is 0 Å². The number of allylic oxidation sites excluding steroid dienone is 2. The van der Waals surface area contributed by atoms with Crippen molar-refractivity contribution in [2.45, 2.75) is 0 Å². The zero-order chi connectivity index (χ0) is 13.5. The van der Waals surface area contributed by atoms with Crippen molar-refractivity contribution in [2.24, 2.45) is 5.92 Å².